The largest absolute Gasteiger partial charge is 0.573 e. The Kier molecular flexibility index (Phi) is 5.57. The smallest absolute Gasteiger partial charge is 0.406 e. The highest BCUT2D eigenvalue weighted by molar-refractivity contribution is 7.89. The zero-order chi connectivity index (χ0) is 19.5. The number of nitrogens with one attached hydrogen (secondary N) is 1. The number of carbonyl (C=O) groups is 1. The van der Waals surface area contributed by atoms with Gasteiger partial charge in [-0.05, 0) is 48.9 Å². The van der Waals surface area contributed by atoms with Crippen LogP contribution in [0.3, 0.4) is 0 Å². The molecule has 0 aromatic heterocycles. The van der Waals surface area contributed by atoms with Crippen molar-refractivity contribution < 1.29 is 31.1 Å². The molecule has 0 aliphatic rings. The standard InChI is InChI=1S/C16H15F3N2O4S/c1-10(11-4-8-14(9-5-11)26(20,23)24)21-15(22)12-2-6-13(7-3-12)25-16(17,18)19/h2-10H,1H3,(H,21,22)(H2,20,23,24)/t10-/m1/s1. The van der Waals surface area contributed by atoms with E-state index in [1.807, 2.05) is 0 Å². The highest BCUT2D eigenvalue weighted by atomic mass is 32.2. The van der Waals surface area contributed by atoms with Crippen molar-refractivity contribution in [3.8, 4) is 5.75 Å². The van der Waals surface area contributed by atoms with Gasteiger partial charge in [-0.25, -0.2) is 13.6 Å². The van der Waals surface area contributed by atoms with Crippen LogP contribution in [0.1, 0.15) is 28.9 Å². The summed E-state index contributed by atoms with van der Waals surface area (Å²) in [6.45, 7) is 1.67. The van der Waals surface area contributed by atoms with Crippen molar-refractivity contribution in [2.75, 3.05) is 0 Å². The molecular weight excluding hydrogens is 373 g/mol. The van der Waals surface area contributed by atoms with E-state index in [0.717, 1.165) is 12.1 Å². The maximum absolute atomic E-state index is 12.2. The summed E-state index contributed by atoms with van der Waals surface area (Å²) in [6, 6.07) is 9.65. The Morgan fingerprint density at radius 2 is 1.62 bits per heavy atom. The molecule has 0 saturated carbocycles. The van der Waals surface area contributed by atoms with Crippen molar-refractivity contribution >= 4 is 15.9 Å². The number of hydrogen-bond donors (Lipinski definition) is 2. The molecule has 140 valence electrons. The van der Waals surface area contributed by atoms with Crippen LogP contribution in [0.5, 0.6) is 5.75 Å². The molecule has 0 heterocycles. The first-order valence-electron chi connectivity index (χ1n) is 7.25. The van der Waals surface area contributed by atoms with Crippen LogP contribution in [0.25, 0.3) is 0 Å². The topological polar surface area (TPSA) is 98.5 Å². The van der Waals surface area contributed by atoms with E-state index in [9.17, 15) is 26.4 Å². The van der Waals surface area contributed by atoms with E-state index in [1.165, 1.54) is 36.4 Å². The maximum atomic E-state index is 12.2. The predicted molar refractivity (Wildman–Crippen MR) is 86.8 cm³/mol. The molecule has 10 heteroatoms. The van der Waals surface area contributed by atoms with Crippen molar-refractivity contribution in [1.82, 2.24) is 5.32 Å². The summed E-state index contributed by atoms with van der Waals surface area (Å²) in [7, 11) is -3.81. The van der Waals surface area contributed by atoms with Crippen molar-refractivity contribution in [2.45, 2.75) is 24.2 Å². The molecule has 2 rings (SSSR count). The quantitative estimate of drug-likeness (QED) is 0.823. The minimum absolute atomic E-state index is 0.0555. The number of hydrogen-bond acceptors (Lipinski definition) is 4. The molecule has 2 aromatic rings. The third kappa shape index (κ3) is 5.46. The summed E-state index contributed by atoms with van der Waals surface area (Å²) in [5.41, 5.74) is 0.773. The maximum Gasteiger partial charge on any atom is 0.573 e. The molecular formula is C16H15F3N2O4S. The van der Waals surface area contributed by atoms with E-state index in [-0.39, 0.29) is 10.5 Å². The van der Waals surface area contributed by atoms with Gasteiger partial charge in [-0.3, -0.25) is 4.79 Å². The number of rotatable bonds is 5. The van der Waals surface area contributed by atoms with Crippen LogP contribution in [0.15, 0.2) is 53.4 Å². The Morgan fingerprint density at radius 3 is 2.08 bits per heavy atom. The van der Waals surface area contributed by atoms with Crippen LogP contribution in [0.2, 0.25) is 0 Å². The van der Waals surface area contributed by atoms with Crippen molar-refractivity contribution in [1.29, 1.82) is 0 Å². The minimum atomic E-state index is -4.80. The summed E-state index contributed by atoms with van der Waals surface area (Å²) < 4.78 is 62.5. The van der Waals surface area contributed by atoms with Gasteiger partial charge in [0, 0.05) is 5.56 Å². The number of amides is 1. The van der Waals surface area contributed by atoms with E-state index < -0.39 is 34.1 Å². The van der Waals surface area contributed by atoms with E-state index in [1.54, 1.807) is 6.92 Å². The monoisotopic (exact) mass is 388 g/mol. The zero-order valence-electron chi connectivity index (χ0n) is 13.4. The van der Waals surface area contributed by atoms with Crippen molar-refractivity contribution in [2.24, 2.45) is 5.14 Å². The van der Waals surface area contributed by atoms with E-state index >= 15 is 0 Å². The van der Waals surface area contributed by atoms with E-state index in [0.29, 0.717) is 5.56 Å². The summed E-state index contributed by atoms with van der Waals surface area (Å²) in [5, 5.41) is 7.67. The molecule has 3 N–H and O–H groups in total. The molecule has 6 nitrogen and oxygen atoms in total. The lowest BCUT2D eigenvalue weighted by Crippen LogP contribution is -2.26. The summed E-state index contributed by atoms with van der Waals surface area (Å²) >= 11 is 0. The second kappa shape index (κ2) is 7.34. The Hall–Kier alpha value is -2.59. The Bertz CT molecular complexity index is 879. The third-order valence-electron chi connectivity index (χ3n) is 3.41. The van der Waals surface area contributed by atoms with Gasteiger partial charge in [0.15, 0.2) is 0 Å². The average molecular weight is 388 g/mol. The molecule has 0 bridgehead atoms. The number of primary sulfonamides is 1. The van der Waals surface area contributed by atoms with Crippen LogP contribution in [0, 0.1) is 0 Å². The zero-order valence-corrected chi connectivity index (χ0v) is 14.3. The lowest BCUT2D eigenvalue weighted by molar-refractivity contribution is -0.274. The first-order valence-corrected chi connectivity index (χ1v) is 8.80. The first kappa shape index (κ1) is 19.7. The molecule has 0 spiro atoms. The van der Waals surface area contributed by atoms with Crippen LogP contribution in [-0.4, -0.2) is 20.7 Å². The fraction of sp³-hybridized carbons (Fsp3) is 0.188. The van der Waals surface area contributed by atoms with E-state index in [4.69, 9.17) is 5.14 Å². The lowest BCUT2D eigenvalue weighted by Gasteiger charge is -2.15. The number of halogens is 3. The van der Waals surface area contributed by atoms with Gasteiger partial charge >= 0.3 is 6.36 Å². The molecule has 26 heavy (non-hydrogen) atoms. The second-order valence-electron chi connectivity index (χ2n) is 5.38. The fourth-order valence-corrected chi connectivity index (χ4v) is 2.63. The SMILES string of the molecule is C[C@@H](NC(=O)c1ccc(OC(F)(F)F)cc1)c1ccc(S(N)(=O)=O)cc1. The molecule has 0 fully saturated rings. The number of nitrogens with two attached hydrogens (primary N) is 1. The first-order chi connectivity index (χ1) is 12.0. The summed E-state index contributed by atoms with van der Waals surface area (Å²) in [4.78, 5) is 12.1. The Morgan fingerprint density at radius 1 is 1.08 bits per heavy atom. The van der Waals surface area contributed by atoms with Gasteiger partial charge in [0.1, 0.15) is 5.75 Å². The summed E-state index contributed by atoms with van der Waals surface area (Å²) in [5.74, 6) is -0.938. The highest BCUT2D eigenvalue weighted by Gasteiger charge is 2.31. The number of sulfonamides is 1. The van der Waals surface area contributed by atoms with Gasteiger partial charge < -0.3 is 10.1 Å². The second-order valence-corrected chi connectivity index (χ2v) is 6.94. The predicted octanol–water partition coefficient (Wildman–Crippen LogP) is 2.72. The third-order valence-corrected chi connectivity index (χ3v) is 4.34. The van der Waals surface area contributed by atoms with E-state index in [2.05, 4.69) is 10.1 Å². The molecule has 1 amide bonds. The molecule has 0 aliphatic carbocycles. The lowest BCUT2D eigenvalue weighted by atomic mass is 10.1. The molecule has 0 radical (unpaired) electrons. The Balaban J connectivity index is 2.04. The average Bonchev–Trinajstić information content (AvgIpc) is 2.53. The number of alkyl halides is 3. The molecule has 0 aliphatic heterocycles. The minimum Gasteiger partial charge on any atom is -0.406 e. The molecule has 0 unspecified atom stereocenters. The van der Waals surface area contributed by atoms with Crippen LogP contribution in [0.4, 0.5) is 13.2 Å². The molecule has 1 atom stereocenters. The van der Waals surface area contributed by atoms with Gasteiger partial charge in [-0.2, -0.15) is 0 Å². The molecule has 2 aromatic carbocycles. The normalized spacial score (nSPS) is 13.1. The van der Waals surface area contributed by atoms with Crippen LogP contribution in [-0.2, 0) is 10.0 Å². The van der Waals surface area contributed by atoms with Gasteiger partial charge in [0.05, 0.1) is 10.9 Å². The van der Waals surface area contributed by atoms with Gasteiger partial charge in [0.2, 0.25) is 10.0 Å². The van der Waals surface area contributed by atoms with Crippen molar-refractivity contribution in [3.63, 3.8) is 0 Å². The highest BCUT2D eigenvalue weighted by Crippen LogP contribution is 2.23. The fourth-order valence-electron chi connectivity index (χ4n) is 2.12. The van der Waals surface area contributed by atoms with Crippen LogP contribution < -0.4 is 15.2 Å². The summed E-state index contributed by atoms with van der Waals surface area (Å²) in [6.07, 6.45) is -4.80. The number of benzene rings is 2. The van der Waals surface area contributed by atoms with Crippen LogP contribution >= 0.6 is 0 Å². The van der Waals surface area contributed by atoms with Gasteiger partial charge in [-0.15, -0.1) is 13.2 Å². The number of ether oxygens (including phenoxy) is 1. The molecule has 0 saturated heterocycles. The van der Waals surface area contributed by atoms with Crippen molar-refractivity contribution in [3.05, 3.63) is 59.7 Å². The van der Waals surface area contributed by atoms with Gasteiger partial charge in [0.25, 0.3) is 5.91 Å². The Labute approximate surface area is 147 Å². The number of carbonyl (C=O) groups excluding carboxylic acids is 1. The van der Waals surface area contributed by atoms with Gasteiger partial charge in [-0.1, -0.05) is 12.1 Å².